The molecule has 3 rings (SSSR count). The van der Waals surface area contributed by atoms with E-state index in [2.05, 4.69) is 11.8 Å². The molecule has 0 aromatic heterocycles. The molecule has 0 amide bonds. The molecule has 2 N–H and O–H groups in total. The number of hydrogen-bond acceptors (Lipinski definition) is 2. The number of benzene rings is 3. The van der Waals surface area contributed by atoms with Gasteiger partial charge in [0.2, 0.25) is 0 Å². The highest BCUT2D eigenvalue weighted by Crippen LogP contribution is 2.26. The van der Waals surface area contributed by atoms with Gasteiger partial charge in [0.15, 0.2) is 0 Å². The highest BCUT2D eigenvalue weighted by molar-refractivity contribution is 5.99. The lowest BCUT2D eigenvalue weighted by molar-refractivity contribution is 0.0682. The van der Waals surface area contributed by atoms with Crippen molar-refractivity contribution in [2.75, 3.05) is 0 Å². The van der Waals surface area contributed by atoms with E-state index in [1.54, 1.807) is 24.3 Å². The first-order chi connectivity index (χ1) is 12.5. The Labute approximate surface area is 150 Å². The molecule has 0 unspecified atom stereocenters. The molecule has 0 bridgehead atoms. The van der Waals surface area contributed by atoms with Gasteiger partial charge in [-0.2, -0.15) is 0 Å². The van der Waals surface area contributed by atoms with E-state index >= 15 is 0 Å². The van der Waals surface area contributed by atoms with Crippen LogP contribution in [0.2, 0.25) is 0 Å². The molecule has 0 heterocycles. The van der Waals surface area contributed by atoms with Gasteiger partial charge in [0.05, 0.1) is 11.1 Å². The molecule has 0 aliphatic carbocycles. The second kappa shape index (κ2) is 7.37. The zero-order valence-corrected chi connectivity index (χ0v) is 13.6. The summed E-state index contributed by atoms with van der Waals surface area (Å²) >= 11 is 0. The Morgan fingerprint density at radius 2 is 1.31 bits per heavy atom. The summed E-state index contributed by atoms with van der Waals surface area (Å²) in [5, 5.41) is 18.5. The van der Waals surface area contributed by atoms with Crippen LogP contribution in [0.5, 0.6) is 0 Å². The van der Waals surface area contributed by atoms with Crippen molar-refractivity contribution in [3.63, 3.8) is 0 Å². The first kappa shape index (κ1) is 17.0. The highest BCUT2D eigenvalue weighted by atomic mass is 16.4. The fourth-order valence-corrected chi connectivity index (χ4v) is 2.50. The first-order valence-electron chi connectivity index (χ1n) is 7.83. The molecule has 0 saturated heterocycles. The number of rotatable bonds is 3. The lowest BCUT2D eigenvalue weighted by Crippen LogP contribution is -2.03. The highest BCUT2D eigenvalue weighted by Gasteiger charge is 2.14. The van der Waals surface area contributed by atoms with Gasteiger partial charge < -0.3 is 10.2 Å². The summed E-state index contributed by atoms with van der Waals surface area (Å²) in [6.07, 6.45) is 0. The summed E-state index contributed by atoms with van der Waals surface area (Å²) in [5.74, 6) is 3.89. The van der Waals surface area contributed by atoms with Crippen LogP contribution in [0, 0.1) is 11.8 Å². The smallest absolute Gasteiger partial charge is 0.336 e. The van der Waals surface area contributed by atoms with Crippen molar-refractivity contribution in [1.29, 1.82) is 0 Å². The largest absolute Gasteiger partial charge is 0.478 e. The van der Waals surface area contributed by atoms with Gasteiger partial charge in [-0.3, -0.25) is 0 Å². The van der Waals surface area contributed by atoms with Crippen molar-refractivity contribution in [1.82, 2.24) is 0 Å². The summed E-state index contributed by atoms with van der Waals surface area (Å²) in [7, 11) is 0. The van der Waals surface area contributed by atoms with Gasteiger partial charge in [-0.1, -0.05) is 42.2 Å². The van der Waals surface area contributed by atoms with E-state index in [-0.39, 0.29) is 11.1 Å². The zero-order valence-electron chi connectivity index (χ0n) is 13.6. The standard InChI is InChI=1S/C22H14O4/c23-21(24)18-12-13-19(22(25)26)20(14-18)17-10-8-16(9-11-17)7-6-15-4-2-1-3-5-15/h1-5,8-14H,(H,23,24)(H,25,26). The summed E-state index contributed by atoms with van der Waals surface area (Å²) in [4.78, 5) is 22.6. The van der Waals surface area contributed by atoms with Gasteiger partial charge in [-0.25, -0.2) is 9.59 Å². The van der Waals surface area contributed by atoms with E-state index in [1.807, 2.05) is 30.3 Å². The van der Waals surface area contributed by atoms with Gasteiger partial charge in [0, 0.05) is 11.1 Å². The maximum Gasteiger partial charge on any atom is 0.336 e. The Bertz CT molecular complexity index is 1020. The minimum atomic E-state index is -1.11. The molecular weight excluding hydrogens is 328 g/mol. The summed E-state index contributed by atoms with van der Waals surface area (Å²) in [6.45, 7) is 0. The van der Waals surface area contributed by atoms with Crippen molar-refractivity contribution in [2.45, 2.75) is 0 Å². The molecule has 0 radical (unpaired) electrons. The van der Waals surface area contributed by atoms with Gasteiger partial charge >= 0.3 is 11.9 Å². The molecule has 4 heteroatoms. The summed E-state index contributed by atoms with van der Waals surface area (Å²) in [6, 6.07) is 20.6. The Morgan fingerprint density at radius 1 is 0.692 bits per heavy atom. The average Bonchev–Trinajstić information content (AvgIpc) is 2.67. The number of carboxylic acid groups (broad SMARTS) is 2. The predicted molar refractivity (Wildman–Crippen MR) is 98.2 cm³/mol. The Hall–Kier alpha value is -3.84. The van der Waals surface area contributed by atoms with Crippen molar-refractivity contribution < 1.29 is 19.8 Å². The molecule has 0 spiro atoms. The van der Waals surface area contributed by atoms with Crippen LogP contribution in [-0.4, -0.2) is 22.2 Å². The van der Waals surface area contributed by atoms with Gasteiger partial charge in [0.25, 0.3) is 0 Å². The molecule has 0 saturated carbocycles. The second-order valence-electron chi connectivity index (χ2n) is 5.56. The number of hydrogen-bond donors (Lipinski definition) is 2. The average molecular weight is 342 g/mol. The van der Waals surface area contributed by atoms with Crippen LogP contribution in [0.25, 0.3) is 11.1 Å². The van der Waals surface area contributed by atoms with Crippen LogP contribution >= 0.6 is 0 Å². The van der Waals surface area contributed by atoms with Crippen LogP contribution in [0.15, 0.2) is 72.8 Å². The van der Waals surface area contributed by atoms with Crippen molar-refractivity contribution in [3.05, 3.63) is 95.1 Å². The number of carboxylic acids is 2. The Morgan fingerprint density at radius 3 is 1.88 bits per heavy atom. The van der Waals surface area contributed by atoms with Gasteiger partial charge in [-0.05, 0) is 53.6 Å². The van der Waals surface area contributed by atoms with Crippen LogP contribution < -0.4 is 0 Å². The van der Waals surface area contributed by atoms with Crippen LogP contribution in [0.3, 0.4) is 0 Å². The number of carbonyl (C=O) groups is 2. The lowest BCUT2D eigenvalue weighted by Gasteiger charge is -2.08. The van der Waals surface area contributed by atoms with Crippen molar-refractivity contribution in [2.24, 2.45) is 0 Å². The third-order valence-corrected chi connectivity index (χ3v) is 3.82. The fraction of sp³-hybridized carbons (Fsp3) is 0. The zero-order chi connectivity index (χ0) is 18.5. The molecular formula is C22H14O4. The predicted octanol–water partition coefficient (Wildman–Crippen LogP) is 4.15. The Balaban J connectivity index is 1.96. The van der Waals surface area contributed by atoms with E-state index in [1.165, 1.54) is 18.2 Å². The number of aromatic carboxylic acids is 2. The van der Waals surface area contributed by atoms with Gasteiger partial charge in [0.1, 0.15) is 0 Å². The van der Waals surface area contributed by atoms with E-state index < -0.39 is 11.9 Å². The molecule has 3 aromatic rings. The fourth-order valence-electron chi connectivity index (χ4n) is 2.50. The molecule has 26 heavy (non-hydrogen) atoms. The molecule has 4 nitrogen and oxygen atoms in total. The summed E-state index contributed by atoms with van der Waals surface area (Å²) < 4.78 is 0. The normalized spacial score (nSPS) is 9.85. The van der Waals surface area contributed by atoms with E-state index in [0.29, 0.717) is 11.1 Å². The lowest BCUT2D eigenvalue weighted by atomic mass is 9.96. The molecule has 0 fully saturated rings. The molecule has 0 aliphatic heterocycles. The maximum atomic E-state index is 11.4. The van der Waals surface area contributed by atoms with Crippen LogP contribution in [0.4, 0.5) is 0 Å². The molecule has 0 atom stereocenters. The third kappa shape index (κ3) is 3.80. The molecule has 126 valence electrons. The van der Waals surface area contributed by atoms with Crippen molar-refractivity contribution >= 4 is 11.9 Å². The van der Waals surface area contributed by atoms with E-state index in [9.17, 15) is 14.7 Å². The van der Waals surface area contributed by atoms with Crippen molar-refractivity contribution in [3.8, 4) is 23.0 Å². The van der Waals surface area contributed by atoms with Gasteiger partial charge in [-0.15, -0.1) is 0 Å². The Kier molecular flexibility index (Phi) is 4.82. The van der Waals surface area contributed by atoms with E-state index in [4.69, 9.17) is 5.11 Å². The summed E-state index contributed by atoms with van der Waals surface area (Å²) in [5.41, 5.74) is 2.76. The van der Waals surface area contributed by atoms with E-state index in [0.717, 1.165) is 11.1 Å². The SMILES string of the molecule is O=C(O)c1ccc(C(=O)O)c(-c2ccc(C#Cc3ccccc3)cc2)c1. The minimum absolute atomic E-state index is 0.0398. The molecule has 0 aliphatic rings. The third-order valence-electron chi connectivity index (χ3n) is 3.82. The minimum Gasteiger partial charge on any atom is -0.478 e. The van der Waals surface area contributed by atoms with Crippen LogP contribution in [-0.2, 0) is 0 Å². The first-order valence-corrected chi connectivity index (χ1v) is 7.83. The maximum absolute atomic E-state index is 11.4. The monoisotopic (exact) mass is 342 g/mol. The second-order valence-corrected chi connectivity index (χ2v) is 5.56. The molecule has 3 aromatic carbocycles. The topological polar surface area (TPSA) is 74.6 Å². The quantitative estimate of drug-likeness (QED) is 0.701. The van der Waals surface area contributed by atoms with Crippen LogP contribution in [0.1, 0.15) is 31.8 Å².